The Balaban J connectivity index is 2.62. The zero-order chi connectivity index (χ0) is 26.0. The standard InChI is InChI=1S/C24H30Cl2FNO7/c1-5-33-18(34-6-2)13-32-12-17-21(24(30)35-7-3)19(14-9-8-10-15(25)22(14)26)20(23(29)31-4)16(11-27)28-17/h8-10,18-20H,5-7,11-13H2,1-4H3. The van der Waals surface area contributed by atoms with Crippen LogP contribution in [0.5, 0.6) is 0 Å². The van der Waals surface area contributed by atoms with Crippen molar-refractivity contribution < 1.29 is 37.7 Å². The number of methoxy groups -OCH3 is 1. The second kappa shape index (κ2) is 14.5. The number of aliphatic imine (C=N–C) groups is 1. The maximum absolute atomic E-state index is 14.2. The molecular formula is C24H30Cl2FNO7. The molecule has 2 rings (SSSR count). The van der Waals surface area contributed by atoms with E-state index in [4.69, 9.17) is 46.9 Å². The summed E-state index contributed by atoms with van der Waals surface area (Å²) in [6.07, 6.45) is -0.633. The molecule has 2 unspecified atom stereocenters. The number of nitrogens with zero attached hydrogens (tertiary/aromatic N) is 1. The van der Waals surface area contributed by atoms with Crippen LogP contribution in [0.4, 0.5) is 4.39 Å². The average molecular weight is 534 g/mol. The summed E-state index contributed by atoms with van der Waals surface area (Å²) in [5.41, 5.74) is 0.310. The number of rotatable bonds is 13. The number of benzene rings is 1. The van der Waals surface area contributed by atoms with E-state index in [1.807, 2.05) is 13.8 Å². The van der Waals surface area contributed by atoms with Crippen molar-refractivity contribution in [1.29, 1.82) is 0 Å². The molecule has 0 N–H and O–H groups in total. The summed E-state index contributed by atoms with van der Waals surface area (Å²) in [4.78, 5) is 30.3. The largest absolute Gasteiger partial charge is 0.468 e. The van der Waals surface area contributed by atoms with Crippen LogP contribution in [-0.2, 0) is 33.3 Å². The molecule has 11 heteroatoms. The van der Waals surface area contributed by atoms with Gasteiger partial charge in [0.1, 0.15) is 12.6 Å². The Bertz CT molecular complexity index is 948. The zero-order valence-electron chi connectivity index (χ0n) is 20.1. The molecule has 35 heavy (non-hydrogen) atoms. The fourth-order valence-corrected chi connectivity index (χ4v) is 4.21. The van der Waals surface area contributed by atoms with Gasteiger partial charge in [0.15, 0.2) is 6.29 Å². The van der Waals surface area contributed by atoms with E-state index >= 15 is 0 Å². The topological polar surface area (TPSA) is 92.7 Å². The number of ether oxygens (including phenoxy) is 5. The van der Waals surface area contributed by atoms with Crippen LogP contribution >= 0.6 is 23.2 Å². The summed E-state index contributed by atoms with van der Waals surface area (Å²) in [6.45, 7) is 4.93. The zero-order valence-corrected chi connectivity index (χ0v) is 21.7. The van der Waals surface area contributed by atoms with Gasteiger partial charge in [0.05, 0.1) is 54.0 Å². The van der Waals surface area contributed by atoms with E-state index in [0.29, 0.717) is 18.8 Å². The van der Waals surface area contributed by atoms with Gasteiger partial charge in [-0.15, -0.1) is 0 Å². The van der Waals surface area contributed by atoms with Crippen LogP contribution in [-0.4, -0.2) is 70.8 Å². The number of esters is 2. The predicted octanol–water partition coefficient (Wildman–Crippen LogP) is 4.52. The van der Waals surface area contributed by atoms with Gasteiger partial charge >= 0.3 is 11.9 Å². The van der Waals surface area contributed by atoms with Crippen molar-refractivity contribution in [3.63, 3.8) is 0 Å². The molecular weight excluding hydrogens is 504 g/mol. The summed E-state index contributed by atoms with van der Waals surface area (Å²) in [5, 5.41) is 0.317. The molecule has 194 valence electrons. The maximum atomic E-state index is 14.2. The number of carbonyl (C=O) groups excluding carboxylic acids is 2. The highest BCUT2D eigenvalue weighted by atomic mass is 35.5. The Hall–Kier alpha value is -2.04. The molecule has 0 saturated carbocycles. The first-order valence-electron chi connectivity index (χ1n) is 11.2. The van der Waals surface area contributed by atoms with Gasteiger partial charge in [-0.3, -0.25) is 9.79 Å². The quantitative estimate of drug-likeness (QED) is 0.271. The van der Waals surface area contributed by atoms with E-state index in [1.165, 1.54) is 7.11 Å². The molecule has 0 aliphatic carbocycles. The number of hydrogen-bond acceptors (Lipinski definition) is 8. The summed E-state index contributed by atoms with van der Waals surface area (Å²) < 4.78 is 41.0. The molecule has 2 atom stereocenters. The first-order valence-corrected chi connectivity index (χ1v) is 12.0. The van der Waals surface area contributed by atoms with Gasteiger partial charge in [0.25, 0.3) is 0 Å². The van der Waals surface area contributed by atoms with Crippen molar-refractivity contribution in [2.24, 2.45) is 10.9 Å². The second-order valence-electron chi connectivity index (χ2n) is 7.29. The molecule has 1 aromatic carbocycles. The van der Waals surface area contributed by atoms with Crippen LogP contribution in [0.25, 0.3) is 0 Å². The van der Waals surface area contributed by atoms with Gasteiger partial charge in [-0.25, -0.2) is 9.18 Å². The lowest BCUT2D eigenvalue weighted by molar-refractivity contribution is -0.165. The average Bonchev–Trinajstić information content (AvgIpc) is 2.84. The fourth-order valence-electron chi connectivity index (χ4n) is 3.78. The molecule has 0 amide bonds. The van der Waals surface area contributed by atoms with Gasteiger partial charge in [-0.1, -0.05) is 35.3 Å². The van der Waals surface area contributed by atoms with Crippen molar-refractivity contribution in [3.05, 3.63) is 45.1 Å². The molecule has 0 saturated heterocycles. The molecule has 1 heterocycles. The second-order valence-corrected chi connectivity index (χ2v) is 8.08. The highest BCUT2D eigenvalue weighted by Crippen LogP contribution is 2.44. The molecule has 0 fully saturated rings. The van der Waals surface area contributed by atoms with Crippen LogP contribution in [0.1, 0.15) is 32.3 Å². The molecule has 0 aromatic heterocycles. The lowest BCUT2D eigenvalue weighted by atomic mass is 9.75. The van der Waals surface area contributed by atoms with Crippen LogP contribution in [0.15, 0.2) is 34.5 Å². The minimum absolute atomic E-state index is 0.00739. The van der Waals surface area contributed by atoms with Gasteiger partial charge in [0, 0.05) is 19.1 Å². The van der Waals surface area contributed by atoms with Crippen molar-refractivity contribution >= 4 is 40.9 Å². The van der Waals surface area contributed by atoms with Crippen molar-refractivity contribution in [3.8, 4) is 0 Å². The third-order valence-electron chi connectivity index (χ3n) is 5.19. The van der Waals surface area contributed by atoms with Crippen molar-refractivity contribution in [2.45, 2.75) is 33.0 Å². The van der Waals surface area contributed by atoms with Gasteiger partial charge in [0.2, 0.25) is 0 Å². The monoisotopic (exact) mass is 533 g/mol. The van der Waals surface area contributed by atoms with Crippen LogP contribution in [0.2, 0.25) is 10.0 Å². The lowest BCUT2D eigenvalue weighted by Gasteiger charge is -2.32. The first kappa shape index (κ1) is 29.2. The van der Waals surface area contributed by atoms with E-state index in [1.54, 1.807) is 25.1 Å². The summed E-state index contributed by atoms with van der Waals surface area (Å²) in [6, 6.07) is 4.78. The number of halogens is 3. The van der Waals surface area contributed by atoms with Crippen LogP contribution < -0.4 is 0 Å². The normalized spacial score (nSPS) is 18.0. The van der Waals surface area contributed by atoms with Crippen LogP contribution in [0.3, 0.4) is 0 Å². The minimum Gasteiger partial charge on any atom is -0.468 e. The summed E-state index contributed by atoms with van der Waals surface area (Å²) in [5.74, 6) is -3.85. The molecule has 0 bridgehead atoms. The smallest absolute Gasteiger partial charge is 0.336 e. The third kappa shape index (κ3) is 7.24. The molecule has 0 spiro atoms. The predicted molar refractivity (Wildman–Crippen MR) is 130 cm³/mol. The molecule has 1 aliphatic heterocycles. The lowest BCUT2D eigenvalue weighted by Crippen LogP contribution is -2.39. The highest BCUT2D eigenvalue weighted by molar-refractivity contribution is 6.42. The Morgan fingerprint density at radius 1 is 1.11 bits per heavy atom. The molecule has 1 aromatic rings. The number of alkyl halides is 1. The molecule has 0 radical (unpaired) electrons. The Labute approximate surface area is 214 Å². The Morgan fingerprint density at radius 3 is 2.37 bits per heavy atom. The van der Waals surface area contributed by atoms with Gasteiger partial charge < -0.3 is 23.7 Å². The SMILES string of the molecule is CCOC(=O)C1=C(COCC(OCC)OCC)N=C(CF)C(C(=O)OC)C1c1cccc(Cl)c1Cl. The minimum atomic E-state index is -1.26. The van der Waals surface area contributed by atoms with E-state index in [0.717, 1.165) is 0 Å². The fraction of sp³-hybridized carbons (Fsp3) is 0.542. The van der Waals surface area contributed by atoms with Gasteiger partial charge in [-0.2, -0.15) is 0 Å². The first-order chi connectivity index (χ1) is 16.8. The van der Waals surface area contributed by atoms with Crippen molar-refractivity contribution in [1.82, 2.24) is 0 Å². The Morgan fingerprint density at radius 2 is 1.80 bits per heavy atom. The van der Waals surface area contributed by atoms with E-state index in [-0.39, 0.29) is 46.8 Å². The van der Waals surface area contributed by atoms with E-state index in [9.17, 15) is 14.0 Å². The number of hydrogen-bond donors (Lipinski definition) is 0. The molecule has 1 aliphatic rings. The van der Waals surface area contributed by atoms with E-state index in [2.05, 4.69) is 4.99 Å². The highest BCUT2D eigenvalue weighted by Gasteiger charge is 2.45. The maximum Gasteiger partial charge on any atom is 0.336 e. The van der Waals surface area contributed by atoms with Gasteiger partial charge in [-0.05, 0) is 32.4 Å². The number of carbonyl (C=O) groups is 2. The van der Waals surface area contributed by atoms with Crippen molar-refractivity contribution in [2.75, 3.05) is 46.8 Å². The molecule has 8 nitrogen and oxygen atoms in total. The summed E-state index contributed by atoms with van der Waals surface area (Å²) >= 11 is 12.7. The third-order valence-corrected chi connectivity index (χ3v) is 6.03. The van der Waals surface area contributed by atoms with E-state index < -0.39 is 36.7 Å². The van der Waals surface area contributed by atoms with Crippen LogP contribution in [0, 0.1) is 5.92 Å². The summed E-state index contributed by atoms with van der Waals surface area (Å²) in [7, 11) is 1.17. The Kier molecular flexibility index (Phi) is 12.1.